The fraction of sp³-hybridized carbons (Fsp3) is 0.0667. The largest absolute Gasteiger partial charge is 0.354 e. The van der Waals surface area contributed by atoms with Crippen LogP contribution in [0.5, 0.6) is 0 Å². The predicted octanol–water partition coefficient (Wildman–Crippen LogP) is 2.90. The molecule has 88 valence electrons. The van der Waals surface area contributed by atoms with Crippen molar-refractivity contribution in [3.63, 3.8) is 0 Å². The van der Waals surface area contributed by atoms with E-state index in [4.69, 9.17) is 0 Å². The van der Waals surface area contributed by atoms with Crippen molar-refractivity contribution in [1.82, 2.24) is 9.97 Å². The second kappa shape index (κ2) is 4.11. The van der Waals surface area contributed by atoms with Crippen LogP contribution in [0.4, 0.5) is 0 Å². The monoisotopic (exact) mass is 236 g/mol. The van der Waals surface area contributed by atoms with Gasteiger partial charge in [0, 0.05) is 34.9 Å². The molecule has 0 saturated heterocycles. The molecule has 0 bridgehead atoms. The average Bonchev–Trinajstić information content (AvgIpc) is 2.39. The summed E-state index contributed by atoms with van der Waals surface area (Å²) >= 11 is 0. The molecule has 2 heterocycles. The minimum Gasteiger partial charge on any atom is -0.354 e. The third kappa shape index (κ3) is 1.80. The summed E-state index contributed by atoms with van der Waals surface area (Å²) < 4.78 is 0. The maximum absolute atomic E-state index is 12.0. The molecule has 3 rings (SSSR count). The zero-order valence-corrected chi connectivity index (χ0v) is 9.97. The highest BCUT2D eigenvalue weighted by Gasteiger charge is 2.04. The van der Waals surface area contributed by atoms with E-state index in [1.54, 1.807) is 18.5 Å². The van der Waals surface area contributed by atoms with E-state index < -0.39 is 0 Å². The quantitative estimate of drug-likeness (QED) is 0.706. The number of hydrogen-bond acceptors (Lipinski definition) is 2. The maximum atomic E-state index is 12.0. The van der Waals surface area contributed by atoms with Gasteiger partial charge in [-0.1, -0.05) is 6.07 Å². The molecule has 0 aliphatic rings. The zero-order chi connectivity index (χ0) is 12.5. The molecule has 0 saturated carbocycles. The molecule has 3 heteroatoms. The highest BCUT2D eigenvalue weighted by molar-refractivity contribution is 5.81. The van der Waals surface area contributed by atoms with Crippen molar-refractivity contribution < 1.29 is 0 Å². The molecule has 3 aromatic rings. The van der Waals surface area contributed by atoms with Crippen molar-refractivity contribution in [2.75, 3.05) is 0 Å². The van der Waals surface area contributed by atoms with Crippen molar-refractivity contribution >= 4 is 10.9 Å². The van der Waals surface area contributed by atoms with E-state index in [0.717, 1.165) is 22.3 Å². The Kier molecular flexibility index (Phi) is 2.45. The molecule has 18 heavy (non-hydrogen) atoms. The Morgan fingerprint density at radius 1 is 1.17 bits per heavy atom. The lowest BCUT2D eigenvalue weighted by Crippen LogP contribution is -2.03. The van der Waals surface area contributed by atoms with Gasteiger partial charge < -0.3 is 4.98 Å². The van der Waals surface area contributed by atoms with E-state index in [0.29, 0.717) is 5.39 Å². The van der Waals surface area contributed by atoms with Crippen molar-refractivity contribution in [2.45, 2.75) is 6.92 Å². The summed E-state index contributed by atoms with van der Waals surface area (Å²) in [6.07, 6.45) is 3.46. The molecule has 0 atom stereocenters. The lowest BCUT2D eigenvalue weighted by atomic mass is 10.1. The topological polar surface area (TPSA) is 45.8 Å². The van der Waals surface area contributed by atoms with Crippen LogP contribution in [0.25, 0.3) is 22.2 Å². The smallest absolute Gasteiger partial charge is 0.190 e. The number of aromatic nitrogens is 2. The molecule has 0 aliphatic carbocycles. The summed E-state index contributed by atoms with van der Waals surface area (Å²) in [5.74, 6) is 0. The molecule has 0 fully saturated rings. The summed E-state index contributed by atoms with van der Waals surface area (Å²) in [7, 11) is 0. The van der Waals surface area contributed by atoms with E-state index >= 15 is 0 Å². The summed E-state index contributed by atoms with van der Waals surface area (Å²) in [5, 5.41) is 0.716. The van der Waals surface area contributed by atoms with Crippen molar-refractivity contribution in [3.8, 4) is 11.3 Å². The molecule has 0 spiro atoms. The summed E-state index contributed by atoms with van der Waals surface area (Å²) in [6.45, 7) is 2.01. The van der Waals surface area contributed by atoms with E-state index in [-0.39, 0.29) is 5.43 Å². The standard InChI is InChI=1S/C15H12N2O/c1-10-4-5-12-14(7-10)17-13(8-15(12)18)11-3-2-6-16-9-11/h2-9H,1H3,(H,17,18). The number of fused-ring (bicyclic) bond motifs is 1. The zero-order valence-electron chi connectivity index (χ0n) is 9.97. The Bertz CT molecular complexity index is 760. The van der Waals surface area contributed by atoms with Gasteiger partial charge in [0.05, 0.1) is 5.69 Å². The molecular weight excluding hydrogens is 224 g/mol. The Labute approximate surface area is 104 Å². The normalized spacial score (nSPS) is 10.7. The first-order chi connectivity index (χ1) is 8.74. The summed E-state index contributed by atoms with van der Waals surface area (Å²) in [6, 6.07) is 11.2. The van der Waals surface area contributed by atoms with Crippen molar-refractivity contribution in [3.05, 3.63) is 64.6 Å². The average molecular weight is 236 g/mol. The van der Waals surface area contributed by atoms with Gasteiger partial charge in [-0.3, -0.25) is 9.78 Å². The highest BCUT2D eigenvalue weighted by atomic mass is 16.1. The Balaban J connectivity index is 2.30. The molecule has 3 nitrogen and oxygen atoms in total. The number of nitrogens with one attached hydrogen (secondary N) is 1. The van der Waals surface area contributed by atoms with Gasteiger partial charge >= 0.3 is 0 Å². The first kappa shape index (κ1) is 10.7. The van der Waals surface area contributed by atoms with Crippen molar-refractivity contribution in [2.24, 2.45) is 0 Å². The van der Waals surface area contributed by atoms with Gasteiger partial charge in [0.1, 0.15) is 0 Å². The van der Waals surface area contributed by atoms with Gasteiger partial charge in [0.2, 0.25) is 0 Å². The van der Waals surface area contributed by atoms with Gasteiger partial charge in [-0.05, 0) is 36.8 Å². The molecule has 1 aromatic carbocycles. The fourth-order valence-electron chi connectivity index (χ4n) is 2.04. The molecule has 2 aromatic heterocycles. The van der Waals surface area contributed by atoms with Crippen LogP contribution in [-0.2, 0) is 0 Å². The van der Waals surface area contributed by atoms with Gasteiger partial charge in [0.25, 0.3) is 0 Å². The molecule has 1 N–H and O–H groups in total. The molecule has 0 amide bonds. The third-order valence-electron chi connectivity index (χ3n) is 2.96. The van der Waals surface area contributed by atoms with Crippen LogP contribution in [-0.4, -0.2) is 9.97 Å². The first-order valence-electron chi connectivity index (χ1n) is 5.78. The van der Waals surface area contributed by atoms with Crippen LogP contribution in [0.2, 0.25) is 0 Å². The van der Waals surface area contributed by atoms with Crippen LogP contribution < -0.4 is 5.43 Å². The van der Waals surface area contributed by atoms with Crippen LogP contribution >= 0.6 is 0 Å². The van der Waals surface area contributed by atoms with E-state index in [1.165, 1.54) is 0 Å². The number of nitrogens with zero attached hydrogens (tertiary/aromatic N) is 1. The Hall–Kier alpha value is -2.42. The number of benzene rings is 1. The second-order valence-electron chi connectivity index (χ2n) is 4.34. The van der Waals surface area contributed by atoms with E-state index in [9.17, 15) is 4.79 Å². The lowest BCUT2D eigenvalue weighted by molar-refractivity contribution is 1.30. The Morgan fingerprint density at radius 2 is 2.06 bits per heavy atom. The summed E-state index contributed by atoms with van der Waals surface area (Å²) in [5.41, 5.74) is 3.73. The second-order valence-corrected chi connectivity index (χ2v) is 4.34. The SMILES string of the molecule is Cc1ccc2c(=O)cc(-c3cccnc3)[nH]c2c1. The van der Waals surface area contributed by atoms with Crippen LogP contribution in [0, 0.1) is 6.92 Å². The van der Waals surface area contributed by atoms with Gasteiger partial charge in [0.15, 0.2) is 5.43 Å². The van der Waals surface area contributed by atoms with E-state index in [1.807, 2.05) is 37.3 Å². The van der Waals surface area contributed by atoms with Crippen LogP contribution in [0.3, 0.4) is 0 Å². The molecule has 0 radical (unpaired) electrons. The first-order valence-corrected chi connectivity index (χ1v) is 5.78. The molecule has 0 aliphatic heterocycles. The third-order valence-corrected chi connectivity index (χ3v) is 2.96. The minimum absolute atomic E-state index is 0.0302. The van der Waals surface area contributed by atoms with Crippen molar-refractivity contribution in [1.29, 1.82) is 0 Å². The number of pyridine rings is 2. The van der Waals surface area contributed by atoms with E-state index in [2.05, 4.69) is 9.97 Å². The molecular formula is C15H12N2O. The minimum atomic E-state index is 0.0302. The predicted molar refractivity (Wildman–Crippen MR) is 72.5 cm³/mol. The van der Waals surface area contributed by atoms with Crippen LogP contribution in [0.15, 0.2) is 53.6 Å². The number of aryl methyl sites for hydroxylation is 1. The lowest BCUT2D eigenvalue weighted by Gasteiger charge is -2.04. The van der Waals surface area contributed by atoms with Crippen LogP contribution in [0.1, 0.15) is 5.56 Å². The summed E-state index contributed by atoms with van der Waals surface area (Å²) in [4.78, 5) is 19.4. The van der Waals surface area contributed by atoms with Gasteiger partial charge in [-0.25, -0.2) is 0 Å². The van der Waals surface area contributed by atoms with Gasteiger partial charge in [-0.15, -0.1) is 0 Å². The number of hydrogen-bond donors (Lipinski definition) is 1. The Morgan fingerprint density at radius 3 is 2.83 bits per heavy atom. The number of aromatic amines is 1. The maximum Gasteiger partial charge on any atom is 0.190 e. The number of H-pyrrole nitrogens is 1. The van der Waals surface area contributed by atoms with Gasteiger partial charge in [-0.2, -0.15) is 0 Å². The number of rotatable bonds is 1. The fourth-order valence-corrected chi connectivity index (χ4v) is 2.04. The highest BCUT2D eigenvalue weighted by Crippen LogP contribution is 2.17. The molecule has 0 unspecified atom stereocenters.